The van der Waals surface area contributed by atoms with E-state index in [1.807, 2.05) is 19.9 Å². The van der Waals surface area contributed by atoms with E-state index >= 15 is 0 Å². The molecular weight excluding hydrogens is 312 g/mol. The summed E-state index contributed by atoms with van der Waals surface area (Å²) in [5, 5.41) is 2.54. The largest absolute Gasteiger partial charge is 0.489 e. The lowest BCUT2D eigenvalue weighted by Crippen LogP contribution is -2.41. The molecule has 0 aromatic heterocycles. The maximum atomic E-state index is 12.5. The summed E-state index contributed by atoms with van der Waals surface area (Å²) in [5.74, 6) is -0.469. The fraction of sp³-hybridized carbons (Fsp3) is 0.471. The van der Waals surface area contributed by atoms with Gasteiger partial charge in [-0.3, -0.25) is 9.69 Å². The summed E-state index contributed by atoms with van der Waals surface area (Å²) in [4.78, 5) is 37.3. The van der Waals surface area contributed by atoms with E-state index in [1.54, 1.807) is 12.1 Å². The Kier molecular flexibility index (Phi) is 4.17. The summed E-state index contributed by atoms with van der Waals surface area (Å²) in [5.41, 5.74) is 1.25. The second kappa shape index (κ2) is 6.14. The average molecular weight is 332 g/mol. The van der Waals surface area contributed by atoms with Gasteiger partial charge < -0.3 is 14.8 Å². The van der Waals surface area contributed by atoms with Gasteiger partial charge in [-0.1, -0.05) is 19.1 Å². The van der Waals surface area contributed by atoms with Gasteiger partial charge in [-0.2, -0.15) is 0 Å². The summed E-state index contributed by atoms with van der Waals surface area (Å²) in [6.45, 7) is 6.11. The number of amides is 3. The molecule has 1 N–H and O–H groups in total. The summed E-state index contributed by atoms with van der Waals surface area (Å²) in [6, 6.07) is 4.84. The van der Waals surface area contributed by atoms with Crippen LogP contribution < -0.4 is 10.1 Å². The molecule has 24 heavy (non-hydrogen) atoms. The number of nitrogens with zero attached hydrogens (tertiary/aromatic N) is 1. The topological polar surface area (TPSA) is 84.9 Å². The van der Waals surface area contributed by atoms with Crippen LogP contribution in [-0.4, -0.2) is 48.1 Å². The Bertz CT molecular complexity index is 702. The molecule has 0 bridgehead atoms. The van der Waals surface area contributed by atoms with E-state index in [4.69, 9.17) is 9.47 Å². The molecule has 0 unspecified atom stereocenters. The highest BCUT2D eigenvalue weighted by Crippen LogP contribution is 2.40. The van der Waals surface area contributed by atoms with Gasteiger partial charge >= 0.3 is 12.0 Å². The Hall–Kier alpha value is -2.57. The number of esters is 1. The van der Waals surface area contributed by atoms with Gasteiger partial charge in [-0.25, -0.2) is 9.59 Å². The van der Waals surface area contributed by atoms with E-state index < -0.39 is 24.0 Å². The van der Waals surface area contributed by atoms with E-state index in [2.05, 4.69) is 5.32 Å². The van der Waals surface area contributed by atoms with Crippen molar-refractivity contribution in [1.29, 1.82) is 0 Å². The Morgan fingerprint density at radius 1 is 1.38 bits per heavy atom. The minimum Gasteiger partial charge on any atom is -0.489 e. The van der Waals surface area contributed by atoms with Crippen LogP contribution in [0, 0.1) is 0 Å². The lowest BCUT2D eigenvalue weighted by Gasteiger charge is -2.18. The molecular formula is C17H20N2O5. The van der Waals surface area contributed by atoms with Gasteiger partial charge in [0.05, 0.1) is 0 Å². The highest BCUT2D eigenvalue weighted by atomic mass is 16.6. The van der Waals surface area contributed by atoms with Crippen LogP contribution in [0.15, 0.2) is 18.2 Å². The van der Waals surface area contributed by atoms with E-state index in [-0.39, 0.29) is 18.6 Å². The SMILES string of the molecule is C[C@H](OC(=O)c1cccc2c1O[C@@H](C)[C@@H]2C)C(=O)N1CCNC1=O. The number of urea groups is 1. The molecule has 1 fully saturated rings. The zero-order chi connectivity index (χ0) is 17.4. The first-order valence-corrected chi connectivity index (χ1v) is 8.00. The van der Waals surface area contributed by atoms with Crippen molar-refractivity contribution in [2.24, 2.45) is 0 Å². The molecule has 2 heterocycles. The number of hydrogen-bond donors (Lipinski definition) is 1. The Morgan fingerprint density at radius 3 is 2.79 bits per heavy atom. The zero-order valence-electron chi connectivity index (χ0n) is 13.9. The van der Waals surface area contributed by atoms with Crippen LogP contribution in [0.2, 0.25) is 0 Å². The van der Waals surface area contributed by atoms with Crippen molar-refractivity contribution in [2.75, 3.05) is 13.1 Å². The fourth-order valence-electron chi connectivity index (χ4n) is 2.92. The number of benzene rings is 1. The number of nitrogens with one attached hydrogen (secondary N) is 1. The predicted octanol–water partition coefficient (Wildman–Crippen LogP) is 1.67. The van der Waals surface area contributed by atoms with Crippen LogP contribution in [0.3, 0.4) is 0 Å². The maximum absolute atomic E-state index is 12.5. The molecule has 7 heteroatoms. The van der Waals surface area contributed by atoms with Crippen molar-refractivity contribution in [2.45, 2.75) is 38.9 Å². The third-order valence-electron chi connectivity index (χ3n) is 4.52. The van der Waals surface area contributed by atoms with Gasteiger partial charge in [-0.05, 0) is 19.9 Å². The molecule has 1 saturated heterocycles. The Balaban J connectivity index is 1.74. The molecule has 0 aliphatic carbocycles. The second-order valence-electron chi connectivity index (χ2n) is 6.10. The Labute approximate surface area is 139 Å². The molecule has 0 radical (unpaired) electrons. The zero-order valence-corrected chi connectivity index (χ0v) is 13.9. The van der Waals surface area contributed by atoms with Gasteiger partial charge in [0.1, 0.15) is 17.4 Å². The summed E-state index contributed by atoms with van der Waals surface area (Å²) in [7, 11) is 0. The molecule has 0 saturated carbocycles. The normalized spacial score (nSPS) is 23.3. The number of hydrogen-bond acceptors (Lipinski definition) is 5. The summed E-state index contributed by atoms with van der Waals surface area (Å²) >= 11 is 0. The predicted molar refractivity (Wildman–Crippen MR) is 84.9 cm³/mol. The molecule has 7 nitrogen and oxygen atoms in total. The van der Waals surface area contributed by atoms with Crippen molar-refractivity contribution >= 4 is 17.9 Å². The third-order valence-corrected chi connectivity index (χ3v) is 4.52. The number of carbonyl (C=O) groups is 3. The van der Waals surface area contributed by atoms with Crippen LogP contribution >= 0.6 is 0 Å². The molecule has 3 amide bonds. The fourth-order valence-corrected chi connectivity index (χ4v) is 2.92. The number of imide groups is 1. The van der Waals surface area contributed by atoms with Crippen LogP contribution in [0.1, 0.15) is 42.6 Å². The first-order chi connectivity index (χ1) is 11.4. The first-order valence-electron chi connectivity index (χ1n) is 8.00. The van der Waals surface area contributed by atoms with Crippen LogP contribution in [-0.2, 0) is 9.53 Å². The number of carbonyl (C=O) groups excluding carboxylic acids is 3. The standard InChI is InChI=1S/C17H20N2O5/c1-9-10(2)23-14-12(9)5-4-6-13(14)16(21)24-11(3)15(20)19-8-7-18-17(19)22/h4-6,9-11H,7-8H2,1-3H3,(H,18,22)/t9-,10-,11-/m0/s1. The lowest BCUT2D eigenvalue weighted by atomic mass is 9.97. The van der Waals surface area contributed by atoms with Crippen LogP contribution in [0.4, 0.5) is 4.79 Å². The third kappa shape index (κ3) is 2.70. The van der Waals surface area contributed by atoms with Gasteiger partial charge in [0.25, 0.3) is 5.91 Å². The van der Waals surface area contributed by atoms with Crippen molar-refractivity contribution in [3.8, 4) is 5.75 Å². The monoisotopic (exact) mass is 332 g/mol. The number of rotatable bonds is 3. The minimum absolute atomic E-state index is 0.0266. The van der Waals surface area contributed by atoms with Gasteiger partial charge in [0, 0.05) is 24.6 Å². The van der Waals surface area contributed by atoms with Gasteiger partial charge in [0.15, 0.2) is 6.10 Å². The lowest BCUT2D eigenvalue weighted by molar-refractivity contribution is -0.136. The van der Waals surface area contributed by atoms with Crippen molar-refractivity contribution < 1.29 is 23.9 Å². The molecule has 0 spiro atoms. The summed E-state index contributed by atoms with van der Waals surface area (Å²) < 4.78 is 11.0. The maximum Gasteiger partial charge on any atom is 0.342 e. The van der Waals surface area contributed by atoms with E-state index in [1.165, 1.54) is 6.92 Å². The molecule has 3 rings (SSSR count). The van der Waals surface area contributed by atoms with Crippen molar-refractivity contribution in [1.82, 2.24) is 10.2 Å². The first kappa shape index (κ1) is 16.3. The highest BCUT2D eigenvalue weighted by molar-refractivity contribution is 6.00. The quantitative estimate of drug-likeness (QED) is 0.851. The highest BCUT2D eigenvalue weighted by Gasteiger charge is 2.34. The Morgan fingerprint density at radius 2 is 2.12 bits per heavy atom. The van der Waals surface area contributed by atoms with E-state index in [0.29, 0.717) is 17.9 Å². The second-order valence-corrected chi connectivity index (χ2v) is 6.10. The van der Waals surface area contributed by atoms with Gasteiger partial charge in [0.2, 0.25) is 0 Å². The van der Waals surface area contributed by atoms with E-state index in [0.717, 1.165) is 10.5 Å². The van der Waals surface area contributed by atoms with E-state index in [9.17, 15) is 14.4 Å². The minimum atomic E-state index is -1.05. The number of fused-ring (bicyclic) bond motifs is 1. The molecule has 2 aliphatic heterocycles. The molecule has 2 aliphatic rings. The molecule has 1 aromatic carbocycles. The smallest absolute Gasteiger partial charge is 0.342 e. The average Bonchev–Trinajstić information content (AvgIpc) is 3.10. The van der Waals surface area contributed by atoms with Crippen LogP contribution in [0.25, 0.3) is 0 Å². The number of para-hydroxylation sites is 1. The summed E-state index contributed by atoms with van der Waals surface area (Å²) in [6.07, 6.45) is -1.07. The molecule has 3 atom stereocenters. The van der Waals surface area contributed by atoms with Crippen molar-refractivity contribution in [3.63, 3.8) is 0 Å². The van der Waals surface area contributed by atoms with Gasteiger partial charge in [-0.15, -0.1) is 0 Å². The number of ether oxygens (including phenoxy) is 2. The molecule has 1 aromatic rings. The van der Waals surface area contributed by atoms with Crippen LogP contribution in [0.5, 0.6) is 5.75 Å². The molecule has 128 valence electrons. The van der Waals surface area contributed by atoms with Crippen molar-refractivity contribution in [3.05, 3.63) is 29.3 Å².